The third kappa shape index (κ3) is 2.18. The van der Waals surface area contributed by atoms with Crippen molar-refractivity contribution in [1.82, 2.24) is 4.90 Å². The SMILES string of the molecule is CC1CCCN(CS)C1. The van der Waals surface area contributed by atoms with Gasteiger partial charge in [0.2, 0.25) is 0 Å². The number of thiol groups is 1. The van der Waals surface area contributed by atoms with Crippen LogP contribution >= 0.6 is 12.6 Å². The maximum Gasteiger partial charge on any atom is 0.0414 e. The van der Waals surface area contributed by atoms with E-state index in [0.717, 1.165) is 11.8 Å². The molecular weight excluding hydrogens is 130 g/mol. The van der Waals surface area contributed by atoms with Gasteiger partial charge in [-0.3, -0.25) is 4.90 Å². The van der Waals surface area contributed by atoms with Gasteiger partial charge in [0.1, 0.15) is 0 Å². The van der Waals surface area contributed by atoms with Gasteiger partial charge in [0.15, 0.2) is 0 Å². The summed E-state index contributed by atoms with van der Waals surface area (Å²) in [5.41, 5.74) is 0. The minimum atomic E-state index is 0.894. The van der Waals surface area contributed by atoms with Crippen LogP contribution in [0.4, 0.5) is 0 Å². The van der Waals surface area contributed by atoms with E-state index >= 15 is 0 Å². The highest BCUT2D eigenvalue weighted by Gasteiger charge is 2.13. The minimum absolute atomic E-state index is 0.894. The van der Waals surface area contributed by atoms with Crippen molar-refractivity contribution in [2.75, 3.05) is 19.0 Å². The lowest BCUT2D eigenvalue weighted by Crippen LogP contribution is -2.33. The molecule has 1 saturated heterocycles. The predicted octanol–water partition coefficient (Wildman–Crippen LogP) is 1.61. The zero-order chi connectivity index (χ0) is 6.69. The summed E-state index contributed by atoms with van der Waals surface area (Å²) >= 11 is 4.23. The Balaban J connectivity index is 2.23. The Morgan fingerprint density at radius 2 is 2.44 bits per heavy atom. The van der Waals surface area contributed by atoms with Crippen LogP contribution in [0.15, 0.2) is 0 Å². The van der Waals surface area contributed by atoms with Crippen LogP contribution in [-0.2, 0) is 0 Å². The smallest absolute Gasteiger partial charge is 0.0414 e. The molecule has 0 bridgehead atoms. The van der Waals surface area contributed by atoms with E-state index in [-0.39, 0.29) is 0 Å². The molecule has 0 aromatic carbocycles. The Kier molecular flexibility index (Phi) is 2.86. The highest BCUT2D eigenvalue weighted by molar-refractivity contribution is 7.80. The molecule has 0 spiro atoms. The molecule has 1 aliphatic heterocycles. The molecule has 0 aliphatic carbocycles. The first-order valence-corrected chi connectivity index (χ1v) is 4.29. The standard InChI is InChI=1S/C7H15NS/c1-7-3-2-4-8(5-7)6-9/h7,9H,2-6H2,1H3. The third-order valence-corrected chi connectivity index (χ3v) is 2.34. The highest BCUT2D eigenvalue weighted by atomic mass is 32.1. The zero-order valence-corrected chi connectivity index (χ0v) is 6.90. The first-order valence-electron chi connectivity index (χ1n) is 3.66. The number of hydrogen-bond acceptors (Lipinski definition) is 2. The molecule has 0 N–H and O–H groups in total. The molecule has 54 valence electrons. The first-order chi connectivity index (χ1) is 4.33. The summed E-state index contributed by atoms with van der Waals surface area (Å²) in [5.74, 6) is 1.83. The summed E-state index contributed by atoms with van der Waals surface area (Å²) in [4.78, 5) is 2.40. The summed E-state index contributed by atoms with van der Waals surface area (Å²) in [6, 6.07) is 0. The minimum Gasteiger partial charge on any atom is -0.294 e. The average molecular weight is 145 g/mol. The van der Waals surface area contributed by atoms with Crippen LogP contribution in [0, 0.1) is 5.92 Å². The average Bonchev–Trinajstić information content (AvgIpc) is 1.88. The van der Waals surface area contributed by atoms with Gasteiger partial charge in [-0.15, -0.1) is 0 Å². The molecule has 1 nitrogen and oxygen atoms in total. The first kappa shape index (κ1) is 7.42. The molecule has 0 aromatic rings. The van der Waals surface area contributed by atoms with Crippen LogP contribution in [0.1, 0.15) is 19.8 Å². The maximum atomic E-state index is 4.23. The van der Waals surface area contributed by atoms with Gasteiger partial charge in [0.25, 0.3) is 0 Å². The van der Waals surface area contributed by atoms with E-state index < -0.39 is 0 Å². The summed E-state index contributed by atoms with van der Waals surface area (Å²) in [6.45, 7) is 4.83. The van der Waals surface area contributed by atoms with E-state index in [2.05, 4.69) is 24.5 Å². The lowest BCUT2D eigenvalue weighted by molar-refractivity contribution is 0.214. The highest BCUT2D eigenvalue weighted by Crippen LogP contribution is 2.14. The molecule has 1 atom stereocenters. The third-order valence-electron chi connectivity index (χ3n) is 1.94. The van der Waals surface area contributed by atoms with Gasteiger partial charge in [-0.2, -0.15) is 12.6 Å². The summed E-state index contributed by atoms with van der Waals surface area (Å²) < 4.78 is 0. The lowest BCUT2D eigenvalue weighted by atomic mass is 10.0. The van der Waals surface area contributed by atoms with Crippen LogP contribution < -0.4 is 0 Å². The van der Waals surface area contributed by atoms with Gasteiger partial charge < -0.3 is 0 Å². The normalized spacial score (nSPS) is 30.7. The molecular formula is C7H15NS. The molecule has 1 aliphatic rings. The fourth-order valence-electron chi connectivity index (χ4n) is 1.42. The number of rotatable bonds is 1. The number of piperidine rings is 1. The zero-order valence-electron chi connectivity index (χ0n) is 6.01. The van der Waals surface area contributed by atoms with Crippen LogP contribution in [0.5, 0.6) is 0 Å². The van der Waals surface area contributed by atoms with Crippen LogP contribution in [0.2, 0.25) is 0 Å². The lowest BCUT2D eigenvalue weighted by Gasteiger charge is -2.28. The fraction of sp³-hybridized carbons (Fsp3) is 1.00. The van der Waals surface area contributed by atoms with Gasteiger partial charge in [0, 0.05) is 12.4 Å². The molecule has 0 aromatic heterocycles. The second-order valence-corrected chi connectivity index (χ2v) is 3.25. The molecule has 0 radical (unpaired) electrons. The number of nitrogens with zero attached hydrogens (tertiary/aromatic N) is 1. The second-order valence-electron chi connectivity index (χ2n) is 2.97. The van der Waals surface area contributed by atoms with Crippen molar-refractivity contribution >= 4 is 12.6 Å². The van der Waals surface area contributed by atoms with Crippen molar-refractivity contribution in [3.8, 4) is 0 Å². The Labute approximate surface area is 62.8 Å². The molecule has 0 amide bonds. The molecule has 1 fully saturated rings. The molecule has 1 rings (SSSR count). The van der Waals surface area contributed by atoms with E-state index in [0.29, 0.717) is 0 Å². The number of hydrogen-bond donors (Lipinski definition) is 1. The summed E-state index contributed by atoms with van der Waals surface area (Å²) in [6.07, 6.45) is 2.77. The summed E-state index contributed by atoms with van der Waals surface area (Å²) in [5, 5.41) is 0. The van der Waals surface area contributed by atoms with Gasteiger partial charge >= 0.3 is 0 Å². The van der Waals surface area contributed by atoms with Gasteiger partial charge in [-0.25, -0.2) is 0 Å². The van der Waals surface area contributed by atoms with E-state index in [1.165, 1.54) is 25.9 Å². The van der Waals surface area contributed by atoms with Crippen molar-refractivity contribution in [3.05, 3.63) is 0 Å². The molecule has 9 heavy (non-hydrogen) atoms. The maximum absolute atomic E-state index is 4.23. The van der Waals surface area contributed by atoms with Crippen LogP contribution in [-0.4, -0.2) is 23.9 Å². The van der Waals surface area contributed by atoms with Crippen molar-refractivity contribution in [3.63, 3.8) is 0 Å². The van der Waals surface area contributed by atoms with E-state index in [4.69, 9.17) is 0 Å². The summed E-state index contributed by atoms with van der Waals surface area (Å²) in [7, 11) is 0. The van der Waals surface area contributed by atoms with Gasteiger partial charge in [-0.1, -0.05) is 6.92 Å². The van der Waals surface area contributed by atoms with Crippen LogP contribution in [0.3, 0.4) is 0 Å². The van der Waals surface area contributed by atoms with Crippen molar-refractivity contribution in [2.24, 2.45) is 5.92 Å². The Morgan fingerprint density at radius 3 is 2.89 bits per heavy atom. The van der Waals surface area contributed by atoms with Gasteiger partial charge in [-0.05, 0) is 25.3 Å². The second kappa shape index (κ2) is 3.47. The Morgan fingerprint density at radius 1 is 1.67 bits per heavy atom. The van der Waals surface area contributed by atoms with E-state index in [1.807, 2.05) is 0 Å². The van der Waals surface area contributed by atoms with Crippen molar-refractivity contribution in [1.29, 1.82) is 0 Å². The van der Waals surface area contributed by atoms with E-state index in [1.54, 1.807) is 0 Å². The molecule has 2 heteroatoms. The molecule has 1 unspecified atom stereocenters. The largest absolute Gasteiger partial charge is 0.294 e. The number of likely N-dealkylation sites (tertiary alicyclic amines) is 1. The monoisotopic (exact) mass is 145 g/mol. The molecule has 0 saturated carbocycles. The Hall–Kier alpha value is 0.310. The van der Waals surface area contributed by atoms with Crippen molar-refractivity contribution < 1.29 is 0 Å². The Bertz CT molecular complexity index is 85.0. The van der Waals surface area contributed by atoms with Crippen LogP contribution in [0.25, 0.3) is 0 Å². The predicted molar refractivity (Wildman–Crippen MR) is 43.8 cm³/mol. The quantitative estimate of drug-likeness (QED) is 0.549. The van der Waals surface area contributed by atoms with Gasteiger partial charge in [0.05, 0.1) is 0 Å². The fourth-order valence-corrected chi connectivity index (χ4v) is 1.67. The van der Waals surface area contributed by atoms with Crippen molar-refractivity contribution in [2.45, 2.75) is 19.8 Å². The molecule has 1 heterocycles. The topological polar surface area (TPSA) is 3.24 Å². The van der Waals surface area contributed by atoms with E-state index in [9.17, 15) is 0 Å².